The maximum atomic E-state index is 6.28. The first-order chi connectivity index (χ1) is 24.8. The van der Waals surface area contributed by atoms with Crippen LogP contribution in [0.4, 0.5) is 0 Å². The topological polar surface area (TPSA) is 27.7 Å². The van der Waals surface area contributed by atoms with Gasteiger partial charge in [-0.15, -0.1) is 0 Å². The summed E-state index contributed by atoms with van der Waals surface area (Å²) in [4.78, 5) is 0. The van der Waals surface area contributed by atoms with Crippen molar-refractivity contribution in [3.8, 4) is 11.5 Å². The molecule has 6 aromatic carbocycles. The molecule has 0 N–H and O–H groups in total. The van der Waals surface area contributed by atoms with Gasteiger partial charge in [0.25, 0.3) is 0 Å². The van der Waals surface area contributed by atoms with E-state index in [2.05, 4.69) is 127 Å². The highest BCUT2D eigenvalue weighted by Gasteiger charge is 2.44. The van der Waals surface area contributed by atoms with Crippen LogP contribution in [0.5, 0.6) is 11.5 Å². The number of benzene rings is 6. The Morgan fingerprint density at radius 2 is 0.840 bits per heavy atom. The van der Waals surface area contributed by atoms with Crippen LogP contribution in [0.15, 0.2) is 170 Å². The molecule has 0 aliphatic rings. The highest BCUT2D eigenvalue weighted by molar-refractivity contribution is 7.95. The van der Waals surface area contributed by atoms with Crippen molar-refractivity contribution < 1.29 is 14.2 Å². The standard InChI is InChI=1S/C46H48O3P/c1(2-19-35-50(42-24-12-5-13-25-42,43-26-14-6-15-27-43)44-28-16-7-17-29-44)18-33-47-34-32-39-30-31-45(48-37-40-20-8-3-9-21-40)46(36-39)49-38-41-22-10-4-11-23-41/h3-17,20-31,36H,1-2,18-19,32-35,37-38H2/q+1. The average molecular weight is 680 g/mol. The van der Waals surface area contributed by atoms with Gasteiger partial charge in [-0.1, -0.05) is 128 Å². The molecule has 0 unspecified atom stereocenters. The number of hydrogen-bond donors (Lipinski definition) is 0. The zero-order valence-electron chi connectivity index (χ0n) is 28.9. The van der Waals surface area contributed by atoms with E-state index in [9.17, 15) is 0 Å². The highest BCUT2D eigenvalue weighted by atomic mass is 31.2. The van der Waals surface area contributed by atoms with Crippen molar-refractivity contribution in [1.29, 1.82) is 0 Å². The highest BCUT2D eigenvalue weighted by Crippen LogP contribution is 2.56. The Bertz CT molecular complexity index is 1720. The van der Waals surface area contributed by atoms with Gasteiger partial charge in [0, 0.05) is 6.61 Å². The van der Waals surface area contributed by atoms with Gasteiger partial charge >= 0.3 is 0 Å². The molecule has 254 valence electrons. The minimum absolute atomic E-state index is 0.494. The van der Waals surface area contributed by atoms with E-state index in [4.69, 9.17) is 14.2 Å². The van der Waals surface area contributed by atoms with Crippen LogP contribution in [-0.2, 0) is 24.4 Å². The van der Waals surface area contributed by atoms with Crippen LogP contribution in [0, 0.1) is 0 Å². The van der Waals surface area contributed by atoms with Gasteiger partial charge in [-0.05, 0) is 90.9 Å². The number of ether oxygens (including phenoxy) is 3. The van der Waals surface area contributed by atoms with Gasteiger partial charge in [-0.3, -0.25) is 0 Å². The molecule has 0 saturated heterocycles. The average Bonchev–Trinajstić information content (AvgIpc) is 3.19. The molecule has 0 aromatic heterocycles. The second kappa shape index (κ2) is 18.9. The lowest BCUT2D eigenvalue weighted by Gasteiger charge is -2.27. The molecule has 6 aromatic rings. The maximum Gasteiger partial charge on any atom is 0.161 e. The second-order valence-corrected chi connectivity index (χ2v) is 16.3. The molecular formula is C46H48O3P+. The number of unbranched alkanes of at least 4 members (excludes halogenated alkanes) is 3. The zero-order chi connectivity index (χ0) is 34.1. The van der Waals surface area contributed by atoms with Crippen molar-refractivity contribution in [1.82, 2.24) is 0 Å². The Hall–Kier alpha value is -4.69. The number of hydrogen-bond acceptors (Lipinski definition) is 3. The third kappa shape index (κ3) is 9.72. The van der Waals surface area contributed by atoms with E-state index >= 15 is 0 Å². The van der Waals surface area contributed by atoms with Crippen molar-refractivity contribution in [2.75, 3.05) is 19.4 Å². The minimum Gasteiger partial charge on any atom is -0.485 e. The van der Waals surface area contributed by atoms with Crippen molar-refractivity contribution >= 4 is 23.2 Å². The smallest absolute Gasteiger partial charge is 0.161 e. The van der Waals surface area contributed by atoms with Crippen LogP contribution < -0.4 is 25.4 Å². The summed E-state index contributed by atoms with van der Waals surface area (Å²) in [5.41, 5.74) is 3.44. The largest absolute Gasteiger partial charge is 0.485 e. The van der Waals surface area contributed by atoms with Crippen LogP contribution in [0.1, 0.15) is 42.4 Å². The van der Waals surface area contributed by atoms with Gasteiger partial charge in [0.15, 0.2) is 11.5 Å². The molecule has 3 nitrogen and oxygen atoms in total. The summed E-state index contributed by atoms with van der Waals surface area (Å²) >= 11 is 0. The first-order valence-corrected chi connectivity index (χ1v) is 19.9. The van der Waals surface area contributed by atoms with Gasteiger partial charge in [0.2, 0.25) is 0 Å². The van der Waals surface area contributed by atoms with Crippen LogP contribution in [0.3, 0.4) is 0 Å². The summed E-state index contributed by atoms with van der Waals surface area (Å²) in [6, 6.07) is 60.3. The summed E-state index contributed by atoms with van der Waals surface area (Å²) in [5.74, 6) is 1.52. The lowest BCUT2D eigenvalue weighted by molar-refractivity contribution is 0.133. The summed E-state index contributed by atoms with van der Waals surface area (Å²) < 4.78 is 18.6. The molecule has 0 bridgehead atoms. The van der Waals surface area contributed by atoms with Gasteiger partial charge in [-0.2, -0.15) is 0 Å². The van der Waals surface area contributed by atoms with Gasteiger partial charge < -0.3 is 14.2 Å². The fourth-order valence-corrected chi connectivity index (χ4v) is 10.9. The lowest BCUT2D eigenvalue weighted by Crippen LogP contribution is -2.33. The first-order valence-electron chi connectivity index (χ1n) is 17.9. The molecule has 0 radical (unpaired) electrons. The summed E-state index contributed by atoms with van der Waals surface area (Å²) in [7, 11) is -1.75. The van der Waals surface area contributed by atoms with Crippen LogP contribution in [-0.4, -0.2) is 19.4 Å². The summed E-state index contributed by atoms with van der Waals surface area (Å²) in [6.45, 7) is 2.46. The Labute approximate surface area is 299 Å². The molecular weight excluding hydrogens is 631 g/mol. The minimum atomic E-state index is -1.75. The quantitative estimate of drug-likeness (QED) is 0.0630. The van der Waals surface area contributed by atoms with E-state index < -0.39 is 7.26 Å². The van der Waals surface area contributed by atoms with Crippen LogP contribution in [0.2, 0.25) is 0 Å². The molecule has 0 heterocycles. The SMILES string of the molecule is c1ccc(COc2ccc(CCOCCCCCC[P+](c3ccccc3)(c3ccccc3)c3ccccc3)cc2OCc2ccccc2)cc1. The molecule has 0 fully saturated rings. The zero-order valence-corrected chi connectivity index (χ0v) is 29.8. The van der Waals surface area contributed by atoms with Crippen LogP contribution >= 0.6 is 7.26 Å². The van der Waals surface area contributed by atoms with Crippen LogP contribution in [0.25, 0.3) is 0 Å². The Balaban J connectivity index is 0.992. The lowest BCUT2D eigenvalue weighted by atomic mass is 10.1. The van der Waals surface area contributed by atoms with E-state index in [-0.39, 0.29) is 0 Å². The number of rotatable bonds is 19. The van der Waals surface area contributed by atoms with E-state index in [1.54, 1.807) is 0 Å². The van der Waals surface area contributed by atoms with E-state index in [0.29, 0.717) is 19.8 Å². The summed E-state index contributed by atoms with van der Waals surface area (Å²) in [6.07, 6.45) is 6.64. The summed E-state index contributed by atoms with van der Waals surface area (Å²) in [5, 5.41) is 4.39. The predicted octanol–water partition coefficient (Wildman–Crippen LogP) is 9.96. The molecule has 0 aliphatic carbocycles. The third-order valence-corrected chi connectivity index (χ3v) is 13.7. The molecule has 0 saturated carbocycles. The van der Waals surface area contributed by atoms with Gasteiger partial charge in [0.05, 0.1) is 12.8 Å². The molecule has 0 aliphatic heterocycles. The van der Waals surface area contributed by atoms with E-state index in [1.165, 1.54) is 46.9 Å². The maximum absolute atomic E-state index is 6.28. The molecule has 0 amide bonds. The molecule has 0 spiro atoms. The Morgan fingerprint density at radius 1 is 0.380 bits per heavy atom. The van der Waals surface area contributed by atoms with Crippen molar-refractivity contribution in [3.63, 3.8) is 0 Å². The Morgan fingerprint density at radius 3 is 1.36 bits per heavy atom. The molecule has 50 heavy (non-hydrogen) atoms. The van der Waals surface area contributed by atoms with Crippen molar-refractivity contribution in [3.05, 3.63) is 187 Å². The monoisotopic (exact) mass is 679 g/mol. The predicted molar refractivity (Wildman–Crippen MR) is 211 cm³/mol. The fraction of sp³-hybridized carbons (Fsp3) is 0.217. The Kier molecular flexibility index (Phi) is 13.3. The molecule has 0 atom stereocenters. The van der Waals surface area contributed by atoms with Crippen molar-refractivity contribution in [2.24, 2.45) is 0 Å². The molecule has 6 rings (SSSR count). The third-order valence-electron chi connectivity index (χ3n) is 9.14. The van der Waals surface area contributed by atoms with Gasteiger partial charge in [0.1, 0.15) is 36.4 Å². The first kappa shape index (κ1) is 35.1. The second-order valence-electron chi connectivity index (χ2n) is 12.6. The van der Waals surface area contributed by atoms with E-state index in [0.717, 1.165) is 42.1 Å². The van der Waals surface area contributed by atoms with Crippen molar-refractivity contribution in [2.45, 2.75) is 45.3 Å². The normalized spacial score (nSPS) is 11.3. The molecule has 4 heteroatoms. The fourth-order valence-electron chi connectivity index (χ4n) is 6.49. The van der Waals surface area contributed by atoms with E-state index in [1.807, 2.05) is 42.5 Å². The van der Waals surface area contributed by atoms with Gasteiger partial charge in [-0.25, -0.2) is 0 Å².